The highest BCUT2D eigenvalue weighted by atomic mass is 16.7. The molecule has 1 aliphatic rings. The van der Waals surface area contributed by atoms with Gasteiger partial charge in [0.2, 0.25) is 5.76 Å². The lowest BCUT2D eigenvalue weighted by molar-refractivity contribution is -0.150. The van der Waals surface area contributed by atoms with Crippen molar-refractivity contribution in [1.82, 2.24) is 0 Å². The van der Waals surface area contributed by atoms with Gasteiger partial charge in [-0.3, -0.25) is 4.84 Å². The highest BCUT2D eigenvalue weighted by Gasteiger charge is 2.40. The number of nitrogens with two attached hydrogens (primary N) is 1. The van der Waals surface area contributed by atoms with Gasteiger partial charge in [0.25, 0.3) is 0 Å². The van der Waals surface area contributed by atoms with Crippen LogP contribution in [0.5, 0.6) is 0 Å². The molecule has 5 N–H and O–H groups in total. The van der Waals surface area contributed by atoms with Crippen LogP contribution in [0.25, 0.3) is 0 Å². The van der Waals surface area contributed by atoms with E-state index in [9.17, 15) is 4.79 Å². The number of rotatable bonds is 3. The predicted octanol–water partition coefficient (Wildman–Crippen LogP) is -1.51. The van der Waals surface area contributed by atoms with Crippen LogP contribution in [0.1, 0.15) is 0 Å². The molecule has 7 nitrogen and oxygen atoms in total. The van der Waals surface area contributed by atoms with Gasteiger partial charge in [0.1, 0.15) is 6.10 Å². The maximum Gasteiger partial charge on any atom is 0.377 e. The molecule has 0 bridgehead atoms. The standard InChI is InChI=1S/C6H9NO6/c7-13-2(1-8)5-3(9)4(10)6(11)12-5/h2,5,8-10H,1,7H2. The fourth-order valence-electron chi connectivity index (χ4n) is 0.928. The third-order valence-electron chi connectivity index (χ3n) is 1.63. The van der Waals surface area contributed by atoms with Crippen LogP contribution >= 0.6 is 0 Å². The fourth-order valence-corrected chi connectivity index (χ4v) is 0.928. The van der Waals surface area contributed by atoms with Crippen LogP contribution in [0.15, 0.2) is 11.5 Å². The van der Waals surface area contributed by atoms with Crippen molar-refractivity contribution in [3.63, 3.8) is 0 Å². The first-order valence-corrected chi connectivity index (χ1v) is 3.41. The zero-order valence-corrected chi connectivity index (χ0v) is 6.51. The Kier molecular flexibility index (Phi) is 2.71. The Balaban J connectivity index is 2.80. The summed E-state index contributed by atoms with van der Waals surface area (Å²) in [6, 6.07) is 0. The SMILES string of the molecule is NOC(CO)C1OC(=O)C(O)=C1O. The molecule has 0 saturated carbocycles. The van der Waals surface area contributed by atoms with Crippen LogP contribution in [-0.2, 0) is 14.4 Å². The number of cyclic esters (lactones) is 1. The Morgan fingerprint density at radius 2 is 2.23 bits per heavy atom. The zero-order chi connectivity index (χ0) is 10.0. The summed E-state index contributed by atoms with van der Waals surface area (Å²) in [5.74, 6) is 2.10. The van der Waals surface area contributed by atoms with E-state index in [0.717, 1.165) is 0 Å². The lowest BCUT2D eigenvalue weighted by Gasteiger charge is -2.17. The molecule has 1 heterocycles. The lowest BCUT2D eigenvalue weighted by atomic mass is 10.2. The number of ether oxygens (including phenoxy) is 1. The number of hydrogen-bond acceptors (Lipinski definition) is 7. The van der Waals surface area contributed by atoms with Gasteiger partial charge < -0.3 is 20.1 Å². The quantitative estimate of drug-likeness (QED) is 0.316. The summed E-state index contributed by atoms with van der Waals surface area (Å²) in [5.41, 5.74) is 0. The molecule has 0 aromatic heterocycles. The highest BCUT2D eigenvalue weighted by Crippen LogP contribution is 2.21. The molecule has 0 aromatic carbocycles. The molecule has 2 atom stereocenters. The van der Waals surface area contributed by atoms with Crippen molar-refractivity contribution in [2.45, 2.75) is 12.2 Å². The van der Waals surface area contributed by atoms with Crippen LogP contribution in [0, 0.1) is 0 Å². The molecule has 13 heavy (non-hydrogen) atoms. The van der Waals surface area contributed by atoms with Crippen LogP contribution in [0.2, 0.25) is 0 Å². The molecule has 2 unspecified atom stereocenters. The number of aliphatic hydroxyl groups is 3. The third-order valence-corrected chi connectivity index (χ3v) is 1.63. The van der Waals surface area contributed by atoms with Crippen molar-refractivity contribution in [1.29, 1.82) is 0 Å². The average molecular weight is 191 g/mol. The second kappa shape index (κ2) is 3.60. The summed E-state index contributed by atoms with van der Waals surface area (Å²) in [6.07, 6.45) is -2.34. The second-order valence-corrected chi connectivity index (χ2v) is 2.42. The molecule has 0 aliphatic carbocycles. The Hall–Kier alpha value is -1.31. The normalized spacial score (nSPS) is 24.8. The summed E-state index contributed by atoms with van der Waals surface area (Å²) in [7, 11) is 0. The van der Waals surface area contributed by atoms with Crippen LogP contribution in [-0.4, -0.2) is 40.1 Å². The first-order chi connectivity index (χ1) is 6.11. The van der Waals surface area contributed by atoms with Crippen LogP contribution in [0.4, 0.5) is 0 Å². The number of carbonyl (C=O) groups excluding carboxylic acids is 1. The lowest BCUT2D eigenvalue weighted by Crippen LogP contribution is -2.36. The second-order valence-electron chi connectivity index (χ2n) is 2.42. The molecule has 0 spiro atoms. The van der Waals surface area contributed by atoms with E-state index in [-0.39, 0.29) is 0 Å². The largest absolute Gasteiger partial charge is 0.505 e. The van der Waals surface area contributed by atoms with E-state index in [1.165, 1.54) is 0 Å². The minimum absolute atomic E-state index is 0.550. The molecule has 0 amide bonds. The smallest absolute Gasteiger partial charge is 0.377 e. The fraction of sp³-hybridized carbons (Fsp3) is 0.500. The van der Waals surface area contributed by atoms with Crippen molar-refractivity contribution >= 4 is 5.97 Å². The maximum atomic E-state index is 10.7. The van der Waals surface area contributed by atoms with Gasteiger partial charge >= 0.3 is 5.97 Å². The third kappa shape index (κ3) is 1.57. The van der Waals surface area contributed by atoms with Crippen molar-refractivity contribution < 1.29 is 29.7 Å². The van der Waals surface area contributed by atoms with Gasteiger partial charge in [-0.1, -0.05) is 0 Å². The number of carbonyl (C=O) groups is 1. The molecule has 0 fully saturated rings. The van der Waals surface area contributed by atoms with E-state index in [0.29, 0.717) is 0 Å². The monoisotopic (exact) mass is 191 g/mol. The molecule has 74 valence electrons. The van der Waals surface area contributed by atoms with Crippen molar-refractivity contribution in [2.24, 2.45) is 5.90 Å². The molecular weight excluding hydrogens is 182 g/mol. The summed E-state index contributed by atoms with van der Waals surface area (Å²) in [6.45, 7) is -0.550. The van der Waals surface area contributed by atoms with Gasteiger partial charge in [-0.15, -0.1) is 0 Å². The molecule has 1 aliphatic heterocycles. The van der Waals surface area contributed by atoms with E-state index >= 15 is 0 Å². The van der Waals surface area contributed by atoms with E-state index in [4.69, 9.17) is 21.2 Å². The Morgan fingerprint density at radius 3 is 2.54 bits per heavy atom. The summed E-state index contributed by atoms with van der Waals surface area (Å²) in [5, 5.41) is 26.6. The Bertz CT molecular complexity index is 246. The maximum absolute atomic E-state index is 10.7. The van der Waals surface area contributed by atoms with E-state index < -0.39 is 36.3 Å². The van der Waals surface area contributed by atoms with Crippen LogP contribution < -0.4 is 5.90 Å². The summed E-state index contributed by atoms with van der Waals surface area (Å²) in [4.78, 5) is 14.9. The molecule has 0 radical (unpaired) electrons. The average Bonchev–Trinajstić information content (AvgIpc) is 2.36. The predicted molar refractivity (Wildman–Crippen MR) is 38.3 cm³/mol. The minimum Gasteiger partial charge on any atom is -0.505 e. The number of aliphatic hydroxyl groups excluding tert-OH is 3. The molecule has 7 heteroatoms. The first kappa shape index (κ1) is 9.78. The van der Waals surface area contributed by atoms with Gasteiger partial charge in [-0.2, -0.15) is 0 Å². The van der Waals surface area contributed by atoms with Gasteiger partial charge in [0.05, 0.1) is 6.61 Å². The highest BCUT2D eigenvalue weighted by molar-refractivity contribution is 5.89. The van der Waals surface area contributed by atoms with Crippen molar-refractivity contribution in [2.75, 3.05) is 6.61 Å². The van der Waals surface area contributed by atoms with E-state index in [1.807, 2.05) is 0 Å². The number of hydrogen-bond donors (Lipinski definition) is 4. The van der Waals surface area contributed by atoms with Gasteiger partial charge in [-0.25, -0.2) is 10.7 Å². The van der Waals surface area contributed by atoms with Gasteiger partial charge in [-0.05, 0) is 0 Å². The first-order valence-electron chi connectivity index (χ1n) is 3.41. The van der Waals surface area contributed by atoms with Crippen molar-refractivity contribution in [3.8, 4) is 0 Å². The van der Waals surface area contributed by atoms with Gasteiger partial charge in [0, 0.05) is 0 Å². The van der Waals surface area contributed by atoms with Crippen LogP contribution in [0.3, 0.4) is 0 Å². The topological polar surface area (TPSA) is 122 Å². The molecular formula is C6H9NO6. The van der Waals surface area contributed by atoms with E-state index in [2.05, 4.69) is 9.57 Å². The molecule has 0 saturated heterocycles. The molecule has 0 aromatic rings. The minimum atomic E-state index is -1.25. The summed E-state index contributed by atoms with van der Waals surface area (Å²) < 4.78 is 4.45. The van der Waals surface area contributed by atoms with Gasteiger partial charge in [0.15, 0.2) is 11.9 Å². The zero-order valence-electron chi connectivity index (χ0n) is 6.51. The van der Waals surface area contributed by atoms with Crippen molar-refractivity contribution in [3.05, 3.63) is 11.5 Å². The Labute approximate surface area is 72.9 Å². The summed E-state index contributed by atoms with van der Waals surface area (Å²) >= 11 is 0. The number of esters is 1. The van der Waals surface area contributed by atoms with E-state index in [1.54, 1.807) is 0 Å². The Morgan fingerprint density at radius 1 is 1.62 bits per heavy atom. The molecule has 1 rings (SSSR count).